The average molecular weight is 335 g/mol. The van der Waals surface area contributed by atoms with Crippen LogP contribution in [0.2, 0.25) is 0 Å². The number of anilines is 1. The summed E-state index contributed by atoms with van der Waals surface area (Å²) in [5, 5.41) is 13.4. The fourth-order valence-electron chi connectivity index (χ4n) is 1.84. The zero-order valence-corrected chi connectivity index (χ0v) is 12.3. The van der Waals surface area contributed by atoms with Crippen LogP contribution < -0.4 is 21.3 Å². The summed E-state index contributed by atoms with van der Waals surface area (Å²) in [5.74, 6) is 5.00. The van der Waals surface area contributed by atoms with Gasteiger partial charge in [0.05, 0.1) is 4.92 Å². The highest BCUT2D eigenvalue weighted by Gasteiger charge is 2.27. The Morgan fingerprint density at radius 2 is 2.29 bits per heavy atom. The second-order valence-electron chi connectivity index (χ2n) is 4.34. The lowest BCUT2D eigenvalue weighted by Crippen LogP contribution is -2.38. The minimum absolute atomic E-state index is 0.0329. The molecule has 0 aromatic carbocycles. The number of thiophene rings is 1. The van der Waals surface area contributed by atoms with Crippen molar-refractivity contribution >= 4 is 38.0 Å². The van der Waals surface area contributed by atoms with Crippen LogP contribution in [-0.4, -0.2) is 31.8 Å². The molecule has 2 rings (SSSR count). The van der Waals surface area contributed by atoms with Crippen molar-refractivity contribution in [2.45, 2.75) is 23.1 Å². The van der Waals surface area contributed by atoms with Gasteiger partial charge >= 0.3 is 5.69 Å². The van der Waals surface area contributed by atoms with Gasteiger partial charge < -0.3 is 10.7 Å². The molecule has 1 fully saturated rings. The van der Waals surface area contributed by atoms with Gasteiger partial charge in [-0.1, -0.05) is 11.3 Å². The summed E-state index contributed by atoms with van der Waals surface area (Å²) in [4.78, 5) is 21.1. The van der Waals surface area contributed by atoms with E-state index in [1.807, 2.05) is 0 Å². The lowest BCUT2D eigenvalue weighted by molar-refractivity contribution is -0.383. The second-order valence-corrected chi connectivity index (χ2v) is 7.38. The second kappa shape index (κ2) is 5.93. The van der Waals surface area contributed by atoms with Crippen LogP contribution in [0.1, 0.15) is 12.8 Å². The van der Waals surface area contributed by atoms with Gasteiger partial charge in [-0.15, -0.1) is 0 Å². The van der Waals surface area contributed by atoms with E-state index in [2.05, 4.69) is 15.5 Å². The first-order valence-electron chi connectivity index (χ1n) is 5.87. The highest BCUT2D eigenvalue weighted by Crippen LogP contribution is 2.36. The highest BCUT2D eigenvalue weighted by atomic mass is 32.2. The van der Waals surface area contributed by atoms with Gasteiger partial charge in [-0.25, -0.2) is 19.0 Å². The summed E-state index contributed by atoms with van der Waals surface area (Å²) in [6.07, 6.45) is 0.902. The third kappa shape index (κ3) is 3.47. The van der Waals surface area contributed by atoms with Gasteiger partial charge in [0.15, 0.2) is 5.00 Å². The van der Waals surface area contributed by atoms with Gasteiger partial charge in [0.1, 0.15) is 4.21 Å². The third-order valence-corrected chi connectivity index (χ3v) is 5.84. The van der Waals surface area contributed by atoms with Crippen molar-refractivity contribution in [1.29, 1.82) is 0 Å². The van der Waals surface area contributed by atoms with Crippen LogP contribution in [0.15, 0.2) is 10.3 Å². The molecule has 2 heterocycles. The summed E-state index contributed by atoms with van der Waals surface area (Å²) in [6.45, 7) is 0.0329. The largest absolute Gasteiger partial charge is 0.352 e. The molecule has 5 N–H and O–H groups in total. The molecule has 0 radical (unpaired) electrons. The Kier molecular flexibility index (Phi) is 4.41. The molecule has 1 aliphatic rings. The maximum Gasteiger partial charge on any atom is 0.306 e. The maximum absolute atomic E-state index is 12.1. The van der Waals surface area contributed by atoms with Gasteiger partial charge in [-0.05, 0) is 6.42 Å². The van der Waals surface area contributed by atoms with E-state index in [0.29, 0.717) is 24.2 Å². The molecule has 1 saturated heterocycles. The molecule has 1 aliphatic heterocycles. The number of hydrogen-bond donors (Lipinski definition) is 4. The molecule has 116 valence electrons. The molecular formula is C9H13N5O5S2. The van der Waals surface area contributed by atoms with Gasteiger partial charge in [-0.3, -0.25) is 14.9 Å². The van der Waals surface area contributed by atoms with Gasteiger partial charge in [0, 0.05) is 25.1 Å². The van der Waals surface area contributed by atoms with Crippen molar-refractivity contribution in [1.82, 2.24) is 10.0 Å². The molecular weight excluding hydrogens is 322 g/mol. The molecule has 21 heavy (non-hydrogen) atoms. The van der Waals surface area contributed by atoms with Crippen molar-refractivity contribution in [3.05, 3.63) is 16.2 Å². The Labute approximate surface area is 123 Å². The highest BCUT2D eigenvalue weighted by molar-refractivity contribution is 7.91. The average Bonchev–Trinajstić information content (AvgIpc) is 3.02. The molecule has 1 unspecified atom stereocenters. The predicted octanol–water partition coefficient (Wildman–Crippen LogP) is -0.501. The fraction of sp³-hybridized carbons (Fsp3) is 0.444. The Hall–Kier alpha value is -1.76. The van der Waals surface area contributed by atoms with E-state index in [1.165, 1.54) is 0 Å². The van der Waals surface area contributed by atoms with Crippen molar-refractivity contribution in [3.8, 4) is 0 Å². The minimum atomic E-state index is -3.89. The molecule has 10 nitrogen and oxygen atoms in total. The molecule has 1 aromatic rings. The Morgan fingerprint density at radius 3 is 2.76 bits per heavy atom. The van der Waals surface area contributed by atoms with Gasteiger partial charge in [-0.2, -0.15) is 0 Å². The Bertz CT molecular complexity index is 670. The number of hydrazine groups is 1. The predicted molar refractivity (Wildman–Crippen MR) is 75.1 cm³/mol. The number of carbonyl (C=O) groups is 1. The van der Waals surface area contributed by atoms with Crippen molar-refractivity contribution < 1.29 is 18.1 Å². The van der Waals surface area contributed by atoms with Crippen LogP contribution >= 0.6 is 11.3 Å². The van der Waals surface area contributed by atoms with Crippen LogP contribution in [0.3, 0.4) is 0 Å². The van der Waals surface area contributed by atoms with Crippen LogP contribution in [0, 0.1) is 10.1 Å². The number of nitrogens with two attached hydrogens (primary N) is 1. The van der Waals surface area contributed by atoms with Crippen molar-refractivity contribution in [2.75, 3.05) is 12.0 Å². The summed E-state index contributed by atoms with van der Waals surface area (Å²) >= 11 is 0.662. The summed E-state index contributed by atoms with van der Waals surface area (Å²) in [6, 6.07) is 0.671. The molecule has 0 bridgehead atoms. The van der Waals surface area contributed by atoms with E-state index in [4.69, 9.17) is 5.84 Å². The maximum atomic E-state index is 12.1. The zero-order chi connectivity index (χ0) is 15.6. The van der Waals surface area contributed by atoms with E-state index in [0.717, 1.165) is 6.07 Å². The summed E-state index contributed by atoms with van der Waals surface area (Å²) in [5.41, 5.74) is 1.69. The molecule has 1 amide bonds. The van der Waals surface area contributed by atoms with E-state index in [1.54, 1.807) is 0 Å². The topological polar surface area (TPSA) is 156 Å². The monoisotopic (exact) mass is 335 g/mol. The number of nitrogens with one attached hydrogen (secondary N) is 3. The molecule has 12 heteroatoms. The number of hydrogen-bond acceptors (Lipinski definition) is 8. The number of nitro groups is 1. The first-order valence-corrected chi connectivity index (χ1v) is 8.17. The van der Waals surface area contributed by atoms with Crippen molar-refractivity contribution in [3.63, 3.8) is 0 Å². The van der Waals surface area contributed by atoms with Crippen LogP contribution in [0.5, 0.6) is 0 Å². The van der Waals surface area contributed by atoms with Crippen molar-refractivity contribution in [2.24, 2.45) is 5.84 Å². The van der Waals surface area contributed by atoms with Crippen LogP contribution in [0.4, 0.5) is 10.7 Å². The number of sulfonamides is 1. The zero-order valence-electron chi connectivity index (χ0n) is 10.7. The van der Waals surface area contributed by atoms with E-state index >= 15 is 0 Å². The Morgan fingerprint density at radius 1 is 1.57 bits per heavy atom. The standard InChI is InChI=1S/C9H13N5O5S2/c10-13-9-6(14(16)17)3-8(20-9)21(18,19)11-4-5-1-2-7(15)12-5/h3,5,11,13H,1-2,4,10H2,(H,12,15). The molecule has 0 spiro atoms. The number of rotatable bonds is 6. The minimum Gasteiger partial charge on any atom is -0.352 e. The first kappa shape index (κ1) is 15.6. The molecule has 0 saturated carbocycles. The first-order chi connectivity index (χ1) is 9.83. The molecule has 1 atom stereocenters. The number of nitrogens with zero attached hydrogens (tertiary/aromatic N) is 1. The van der Waals surface area contributed by atoms with E-state index < -0.39 is 20.6 Å². The SMILES string of the molecule is NNc1sc(S(=O)(=O)NCC2CCC(=O)N2)cc1[N+](=O)[O-]. The van der Waals surface area contributed by atoms with Gasteiger partial charge in [0.25, 0.3) is 0 Å². The lowest BCUT2D eigenvalue weighted by atomic mass is 10.2. The quantitative estimate of drug-likeness (QED) is 0.310. The summed E-state index contributed by atoms with van der Waals surface area (Å²) < 4.78 is 26.2. The summed E-state index contributed by atoms with van der Waals surface area (Å²) in [7, 11) is -3.89. The lowest BCUT2D eigenvalue weighted by Gasteiger charge is -2.10. The van der Waals surface area contributed by atoms with Crippen LogP contribution in [0.25, 0.3) is 0 Å². The molecule has 1 aromatic heterocycles. The Balaban J connectivity index is 2.12. The number of nitrogen functional groups attached to an aromatic ring is 1. The van der Waals surface area contributed by atoms with Gasteiger partial charge in [0.2, 0.25) is 15.9 Å². The number of carbonyl (C=O) groups excluding carboxylic acids is 1. The normalized spacial score (nSPS) is 18.5. The smallest absolute Gasteiger partial charge is 0.306 e. The van der Waals surface area contributed by atoms with E-state index in [9.17, 15) is 23.3 Å². The number of amides is 1. The third-order valence-electron chi connectivity index (χ3n) is 2.89. The molecule has 0 aliphatic carbocycles. The van der Waals surface area contributed by atoms with E-state index in [-0.39, 0.29) is 27.7 Å². The van der Waals surface area contributed by atoms with Crippen LogP contribution in [-0.2, 0) is 14.8 Å². The fourth-order valence-corrected chi connectivity index (χ4v) is 4.21.